The van der Waals surface area contributed by atoms with Gasteiger partial charge in [0, 0.05) is 39.3 Å². The first-order valence-electron chi connectivity index (χ1n) is 4.38. The van der Waals surface area contributed by atoms with Crippen LogP contribution < -0.4 is 5.73 Å². The molecule has 0 atom stereocenters. The normalized spacial score (nSPS) is 20.7. The van der Waals surface area contributed by atoms with Crippen molar-refractivity contribution >= 4 is 0 Å². The first kappa shape index (κ1) is 9.46. The molecular weight excluding hydrogens is 152 g/mol. The zero-order valence-electron chi connectivity index (χ0n) is 7.37. The van der Waals surface area contributed by atoms with Crippen molar-refractivity contribution in [3.63, 3.8) is 0 Å². The Kier molecular flexibility index (Phi) is 4.01. The van der Waals surface area contributed by atoms with E-state index in [1.54, 1.807) is 0 Å². The zero-order valence-corrected chi connectivity index (χ0v) is 7.37. The van der Waals surface area contributed by atoms with Crippen LogP contribution in [0.3, 0.4) is 0 Å². The molecule has 12 heavy (non-hydrogen) atoms. The van der Waals surface area contributed by atoms with E-state index in [2.05, 4.69) is 15.9 Å². The van der Waals surface area contributed by atoms with Crippen molar-refractivity contribution in [2.24, 2.45) is 5.73 Å². The van der Waals surface area contributed by atoms with Gasteiger partial charge in [0.25, 0.3) is 0 Å². The number of hydrogen-bond donors (Lipinski definition) is 1. The molecule has 1 fully saturated rings. The Morgan fingerprint density at radius 3 is 2.25 bits per heavy atom. The SMILES string of the molecule is N#CCN1CCN(CCN)CC1. The van der Waals surface area contributed by atoms with Gasteiger partial charge in [0.2, 0.25) is 0 Å². The minimum absolute atomic E-state index is 0.566. The molecule has 0 saturated carbocycles. The van der Waals surface area contributed by atoms with Crippen LogP contribution >= 0.6 is 0 Å². The van der Waals surface area contributed by atoms with Crippen LogP contribution in [0.4, 0.5) is 0 Å². The van der Waals surface area contributed by atoms with Crippen LogP contribution in [0.2, 0.25) is 0 Å². The topological polar surface area (TPSA) is 56.3 Å². The number of hydrogen-bond acceptors (Lipinski definition) is 4. The van der Waals surface area contributed by atoms with Gasteiger partial charge in [0.1, 0.15) is 0 Å². The van der Waals surface area contributed by atoms with Gasteiger partial charge in [-0.3, -0.25) is 9.80 Å². The number of rotatable bonds is 3. The van der Waals surface area contributed by atoms with Crippen molar-refractivity contribution in [2.75, 3.05) is 45.8 Å². The largest absolute Gasteiger partial charge is 0.329 e. The maximum absolute atomic E-state index is 8.46. The summed E-state index contributed by atoms with van der Waals surface area (Å²) < 4.78 is 0. The van der Waals surface area contributed by atoms with E-state index in [4.69, 9.17) is 11.0 Å². The molecule has 0 aromatic heterocycles. The van der Waals surface area contributed by atoms with E-state index in [-0.39, 0.29) is 0 Å². The third-order valence-corrected chi connectivity index (χ3v) is 2.20. The number of nitriles is 1. The second-order valence-corrected chi connectivity index (χ2v) is 3.06. The highest BCUT2D eigenvalue weighted by molar-refractivity contribution is 4.80. The van der Waals surface area contributed by atoms with Gasteiger partial charge < -0.3 is 5.73 Å². The van der Waals surface area contributed by atoms with Gasteiger partial charge in [-0.25, -0.2) is 0 Å². The lowest BCUT2D eigenvalue weighted by atomic mass is 10.3. The third-order valence-electron chi connectivity index (χ3n) is 2.20. The number of nitrogens with zero attached hydrogens (tertiary/aromatic N) is 3. The fourth-order valence-electron chi connectivity index (χ4n) is 1.45. The van der Waals surface area contributed by atoms with Gasteiger partial charge in [-0.2, -0.15) is 5.26 Å². The number of piperazine rings is 1. The maximum atomic E-state index is 8.46. The molecule has 2 N–H and O–H groups in total. The zero-order chi connectivity index (χ0) is 8.81. The van der Waals surface area contributed by atoms with E-state index in [9.17, 15) is 0 Å². The van der Waals surface area contributed by atoms with Crippen molar-refractivity contribution in [1.82, 2.24) is 9.80 Å². The summed E-state index contributed by atoms with van der Waals surface area (Å²) in [5, 5.41) is 8.46. The molecule has 0 unspecified atom stereocenters. The van der Waals surface area contributed by atoms with Crippen molar-refractivity contribution in [3.05, 3.63) is 0 Å². The van der Waals surface area contributed by atoms with Crippen LogP contribution in [-0.2, 0) is 0 Å². The second-order valence-electron chi connectivity index (χ2n) is 3.06. The Labute approximate surface area is 73.5 Å². The quantitative estimate of drug-likeness (QED) is 0.554. The fourth-order valence-corrected chi connectivity index (χ4v) is 1.45. The Bertz CT molecular complexity index is 155. The highest BCUT2D eigenvalue weighted by atomic mass is 15.3. The van der Waals surface area contributed by atoms with E-state index in [0.717, 1.165) is 39.3 Å². The average molecular weight is 168 g/mol. The molecule has 0 aliphatic carbocycles. The lowest BCUT2D eigenvalue weighted by molar-refractivity contribution is 0.147. The second kappa shape index (κ2) is 5.09. The fraction of sp³-hybridized carbons (Fsp3) is 0.875. The summed E-state index contributed by atoms with van der Waals surface area (Å²) in [6, 6.07) is 2.17. The maximum Gasteiger partial charge on any atom is 0.0866 e. The lowest BCUT2D eigenvalue weighted by Crippen LogP contribution is -2.47. The molecule has 4 heteroatoms. The van der Waals surface area contributed by atoms with Crippen LogP contribution in [0.5, 0.6) is 0 Å². The standard InChI is InChI=1S/C8H16N4/c9-1-3-11-5-7-12(4-2-10)8-6-11/h1,3-9H2. The van der Waals surface area contributed by atoms with E-state index >= 15 is 0 Å². The molecule has 68 valence electrons. The molecule has 4 nitrogen and oxygen atoms in total. The van der Waals surface area contributed by atoms with Gasteiger partial charge in [-0.1, -0.05) is 0 Å². The van der Waals surface area contributed by atoms with Crippen molar-refractivity contribution in [1.29, 1.82) is 5.26 Å². The summed E-state index contributed by atoms with van der Waals surface area (Å²) in [6.07, 6.45) is 0. The van der Waals surface area contributed by atoms with Gasteiger partial charge in [-0.05, 0) is 0 Å². The molecule has 0 bridgehead atoms. The average Bonchev–Trinajstić information content (AvgIpc) is 2.09. The molecule has 0 aromatic carbocycles. The minimum atomic E-state index is 0.566. The van der Waals surface area contributed by atoms with E-state index < -0.39 is 0 Å². The summed E-state index contributed by atoms with van der Waals surface area (Å²) in [5.74, 6) is 0. The van der Waals surface area contributed by atoms with Crippen LogP contribution in [0, 0.1) is 11.3 Å². The Morgan fingerprint density at radius 2 is 1.75 bits per heavy atom. The third kappa shape index (κ3) is 2.78. The minimum Gasteiger partial charge on any atom is -0.329 e. The summed E-state index contributed by atoms with van der Waals surface area (Å²) in [7, 11) is 0. The smallest absolute Gasteiger partial charge is 0.0866 e. The van der Waals surface area contributed by atoms with Crippen molar-refractivity contribution in [2.45, 2.75) is 0 Å². The molecule has 0 aromatic rings. The summed E-state index contributed by atoms with van der Waals surface area (Å²) >= 11 is 0. The van der Waals surface area contributed by atoms with Gasteiger partial charge in [-0.15, -0.1) is 0 Å². The van der Waals surface area contributed by atoms with Gasteiger partial charge in [0.15, 0.2) is 0 Å². The summed E-state index contributed by atoms with van der Waals surface area (Å²) in [5.41, 5.74) is 5.45. The number of nitrogens with two attached hydrogens (primary N) is 1. The highest BCUT2D eigenvalue weighted by Gasteiger charge is 2.14. The van der Waals surface area contributed by atoms with Crippen molar-refractivity contribution in [3.8, 4) is 6.07 Å². The molecule has 0 amide bonds. The van der Waals surface area contributed by atoms with E-state index in [1.165, 1.54) is 0 Å². The predicted octanol–water partition coefficient (Wildman–Crippen LogP) is -0.914. The Balaban J connectivity index is 2.16. The van der Waals surface area contributed by atoms with Crippen LogP contribution in [-0.4, -0.2) is 55.6 Å². The molecule has 1 aliphatic heterocycles. The van der Waals surface area contributed by atoms with Gasteiger partial charge in [0.05, 0.1) is 12.6 Å². The molecule has 1 rings (SSSR count). The predicted molar refractivity (Wildman–Crippen MR) is 47.5 cm³/mol. The monoisotopic (exact) mass is 168 g/mol. The Morgan fingerprint density at radius 1 is 1.17 bits per heavy atom. The first-order valence-corrected chi connectivity index (χ1v) is 4.38. The van der Waals surface area contributed by atoms with Gasteiger partial charge >= 0.3 is 0 Å². The van der Waals surface area contributed by atoms with Crippen LogP contribution in [0.1, 0.15) is 0 Å². The van der Waals surface area contributed by atoms with E-state index in [1.807, 2.05) is 0 Å². The van der Waals surface area contributed by atoms with Crippen LogP contribution in [0.25, 0.3) is 0 Å². The summed E-state index contributed by atoms with van der Waals surface area (Å²) in [6.45, 7) is 6.41. The first-order chi connectivity index (χ1) is 5.86. The molecule has 1 heterocycles. The summed E-state index contributed by atoms with van der Waals surface area (Å²) in [4.78, 5) is 4.51. The lowest BCUT2D eigenvalue weighted by Gasteiger charge is -2.32. The van der Waals surface area contributed by atoms with Crippen LogP contribution in [0.15, 0.2) is 0 Å². The Hall–Kier alpha value is -0.630. The molecule has 1 aliphatic rings. The molecule has 0 radical (unpaired) electrons. The molecule has 0 spiro atoms. The molecule has 1 saturated heterocycles. The van der Waals surface area contributed by atoms with E-state index in [0.29, 0.717) is 6.54 Å². The molecular formula is C8H16N4. The van der Waals surface area contributed by atoms with Crippen molar-refractivity contribution < 1.29 is 0 Å². The highest BCUT2D eigenvalue weighted by Crippen LogP contribution is 1.99.